The lowest BCUT2D eigenvalue weighted by atomic mass is 9.97. The van der Waals surface area contributed by atoms with Crippen molar-refractivity contribution in [2.45, 2.75) is 18.2 Å². The molecular formula is C10H11Br2ClOS. The Morgan fingerprint density at radius 1 is 1.53 bits per heavy atom. The van der Waals surface area contributed by atoms with Gasteiger partial charge in [0.2, 0.25) is 0 Å². The molecular weight excluding hydrogens is 363 g/mol. The van der Waals surface area contributed by atoms with E-state index < -0.39 is 0 Å². The van der Waals surface area contributed by atoms with Crippen molar-refractivity contribution < 1.29 is 4.74 Å². The van der Waals surface area contributed by atoms with Crippen molar-refractivity contribution in [1.29, 1.82) is 0 Å². The van der Waals surface area contributed by atoms with Crippen LogP contribution in [-0.2, 0) is 4.74 Å². The van der Waals surface area contributed by atoms with Crippen LogP contribution < -0.4 is 0 Å². The summed E-state index contributed by atoms with van der Waals surface area (Å²) in [6.45, 7) is 1.68. The van der Waals surface area contributed by atoms with Gasteiger partial charge in [0.15, 0.2) is 0 Å². The Morgan fingerprint density at radius 2 is 2.33 bits per heavy atom. The van der Waals surface area contributed by atoms with Gasteiger partial charge in [-0.25, -0.2) is 0 Å². The number of halogens is 3. The molecule has 0 radical (unpaired) electrons. The third-order valence-electron chi connectivity index (χ3n) is 2.55. The molecule has 2 atom stereocenters. The summed E-state index contributed by atoms with van der Waals surface area (Å²) in [6.07, 6.45) is 2.29. The van der Waals surface area contributed by atoms with Crippen molar-refractivity contribution in [3.8, 4) is 0 Å². The van der Waals surface area contributed by atoms with Crippen molar-refractivity contribution in [3.05, 3.63) is 19.2 Å². The second kappa shape index (κ2) is 5.50. The number of hydrogen-bond donors (Lipinski definition) is 0. The second-order valence-corrected chi connectivity index (χ2v) is 7.38. The first kappa shape index (κ1) is 12.4. The van der Waals surface area contributed by atoms with Gasteiger partial charge in [-0.2, -0.15) is 0 Å². The number of rotatable bonds is 2. The maximum absolute atomic E-state index is 6.46. The third-order valence-corrected chi connectivity index (χ3v) is 6.61. The first-order valence-corrected chi connectivity index (χ1v) is 7.69. The summed E-state index contributed by atoms with van der Waals surface area (Å²) in [5, 5.41) is 0.0814. The normalized spacial score (nSPS) is 24.1. The van der Waals surface area contributed by atoms with Crippen molar-refractivity contribution >= 4 is 54.8 Å². The second-order valence-electron chi connectivity index (χ2n) is 3.65. The molecule has 0 aliphatic carbocycles. The lowest BCUT2D eigenvalue weighted by Crippen LogP contribution is -2.20. The summed E-state index contributed by atoms with van der Waals surface area (Å²) in [4.78, 5) is 1.21. The molecule has 0 aromatic carbocycles. The molecule has 2 unspecified atom stereocenters. The Hall–Kier alpha value is 0.910. The number of hydrogen-bond acceptors (Lipinski definition) is 2. The van der Waals surface area contributed by atoms with E-state index in [1.54, 1.807) is 11.3 Å². The topological polar surface area (TPSA) is 9.23 Å². The van der Waals surface area contributed by atoms with E-state index in [4.69, 9.17) is 16.3 Å². The zero-order chi connectivity index (χ0) is 10.8. The van der Waals surface area contributed by atoms with Gasteiger partial charge in [0.25, 0.3) is 0 Å². The standard InChI is InChI=1S/C10H11Br2ClOS/c11-7-4-8(15-10(7)12)9(13)6-2-1-3-14-5-6/h4,6,9H,1-3,5H2. The van der Waals surface area contributed by atoms with E-state index >= 15 is 0 Å². The Morgan fingerprint density at radius 3 is 2.87 bits per heavy atom. The van der Waals surface area contributed by atoms with Gasteiger partial charge in [0.05, 0.1) is 15.8 Å². The molecule has 15 heavy (non-hydrogen) atoms. The molecule has 0 N–H and O–H groups in total. The van der Waals surface area contributed by atoms with Crippen molar-refractivity contribution in [2.24, 2.45) is 5.92 Å². The van der Waals surface area contributed by atoms with E-state index in [0.717, 1.165) is 27.9 Å². The number of thiophene rings is 1. The van der Waals surface area contributed by atoms with Crippen LogP contribution in [0.4, 0.5) is 0 Å². The SMILES string of the molecule is ClC(c1cc(Br)c(Br)s1)C1CCCOC1. The first-order valence-electron chi connectivity index (χ1n) is 4.85. The fraction of sp³-hybridized carbons (Fsp3) is 0.600. The van der Waals surface area contributed by atoms with Crippen LogP contribution in [0.2, 0.25) is 0 Å². The van der Waals surface area contributed by atoms with Crippen LogP contribution in [0.5, 0.6) is 0 Å². The van der Waals surface area contributed by atoms with Crippen LogP contribution in [0.3, 0.4) is 0 Å². The Labute approximate surface area is 115 Å². The molecule has 0 bridgehead atoms. The lowest BCUT2D eigenvalue weighted by Gasteiger charge is -2.25. The molecule has 2 rings (SSSR count). The third kappa shape index (κ3) is 2.97. The summed E-state index contributed by atoms with van der Waals surface area (Å²) in [5.41, 5.74) is 0. The van der Waals surface area contributed by atoms with Gasteiger partial charge in [-0.3, -0.25) is 0 Å². The summed E-state index contributed by atoms with van der Waals surface area (Å²) >= 11 is 15.1. The molecule has 1 aromatic rings. The fourth-order valence-corrected chi connectivity index (χ4v) is 4.28. The maximum atomic E-state index is 6.46. The molecule has 1 fully saturated rings. The van der Waals surface area contributed by atoms with Crippen LogP contribution in [0.15, 0.2) is 14.3 Å². The van der Waals surface area contributed by atoms with E-state index in [1.165, 1.54) is 11.3 Å². The zero-order valence-electron chi connectivity index (χ0n) is 8.01. The maximum Gasteiger partial charge on any atom is 0.0843 e. The average molecular weight is 375 g/mol. The molecule has 5 heteroatoms. The summed E-state index contributed by atoms with van der Waals surface area (Å²) in [6, 6.07) is 2.10. The van der Waals surface area contributed by atoms with Gasteiger partial charge in [0.1, 0.15) is 0 Å². The van der Waals surface area contributed by atoms with Gasteiger partial charge in [-0.1, -0.05) is 0 Å². The van der Waals surface area contributed by atoms with E-state index in [-0.39, 0.29) is 5.38 Å². The van der Waals surface area contributed by atoms with Gasteiger partial charge in [-0.15, -0.1) is 22.9 Å². The van der Waals surface area contributed by atoms with Crippen LogP contribution in [-0.4, -0.2) is 13.2 Å². The van der Waals surface area contributed by atoms with E-state index in [9.17, 15) is 0 Å². The van der Waals surface area contributed by atoms with Crippen molar-refractivity contribution in [2.75, 3.05) is 13.2 Å². The molecule has 84 valence electrons. The zero-order valence-corrected chi connectivity index (χ0v) is 12.8. The quantitative estimate of drug-likeness (QED) is 0.664. The predicted octanol–water partition coefficient (Wildman–Crippen LogP) is 4.98. The monoisotopic (exact) mass is 372 g/mol. The molecule has 1 nitrogen and oxygen atoms in total. The Balaban J connectivity index is 2.08. The molecule has 1 saturated heterocycles. The molecule has 1 aliphatic rings. The highest BCUT2D eigenvalue weighted by Gasteiger charge is 2.25. The highest BCUT2D eigenvalue weighted by Crippen LogP contribution is 2.42. The fourth-order valence-electron chi connectivity index (χ4n) is 1.73. The molecule has 0 saturated carbocycles. The van der Waals surface area contributed by atoms with Gasteiger partial charge in [0, 0.05) is 21.9 Å². The summed E-state index contributed by atoms with van der Waals surface area (Å²) in [7, 11) is 0. The molecule has 1 aromatic heterocycles. The van der Waals surface area contributed by atoms with Crippen LogP contribution in [0, 0.1) is 5.92 Å². The summed E-state index contributed by atoms with van der Waals surface area (Å²) < 4.78 is 7.66. The van der Waals surface area contributed by atoms with Crippen molar-refractivity contribution in [3.63, 3.8) is 0 Å². The van der Waals surface area contributed by atoms with E-state index in [1.807, 2.05) is 0 Å². The average Bonchev–Trinajstić information content (AvgIpc) is 2.59. The smallest absolute Gasteiger partial charge is 0.0843 e. The molecule has 1 aliphatic heterocycles. The minimum Gasteiger partial charge on any atom is -0.381 e. The largest absolute Gasteiger partial charge is 0.381 e. The van der Waals surface area contributed by atoms with Gasteiger partial charge >= 0.3 is 0 Å². The van der Waals surface area contributed by atoms with E-state index in [2.05, 4.69) is 37.9 Å². The highest BCUT2D eigenvalue weighted by atomic mass is 79.9. The van der Waals surface area contributed by atoms with Crippen LogP contribution in [0.1, 0.15) is 23.1 Å². The number of ether oxygens (including phenoxy) is 1. The summed E-state index contributed by atoms with van der Waals surface area (Å²) in [5.74, 6) is 0.456. The van der Waals surface area contributed by atoms with Crippen molar-refractivity contribution in [1.82, 2.24) is 0 Å². The predicted molar refractivity (Wildman–Crippen MR) is 71.9 cm³/mol. The number of alkyl halides is 1. The molecule has 0 amide bonds. The minimum absolute atomic E-state index is 0.0814. The van der Waals surface area contributed by atoms with Gasteiger partial charge < -0.3 is 4.74 Å². The van der Waals surface area contributed by atoms with E-state index in [0.29, 0.717) is 5.92 Å². The lowest BCUT2D eigenvalue weighted by molar-refractivity contribution is 0.0534. The van der Waals surface area contributed by atoms with Crippen LogP contribution >= 0.6 is 54.8 Å². The molecule has 0 spiro atoms. The highest BCUT2D eigenvalue weighted by molar-refractivity contribution is 9.13. The minimum atomic E-state index is 0.0814. The van der Waals surface area contributed by atoms with Crippen LogP contribution in [0.25, 0.3) is 0 Å². The Kier molecular flexibility index (Phi) is 4.53. The first-order chi connectivity index (χ1) is 7.18. The Bertz CT molecular complexity index is 317. The molecule has 2 heterocycles. The van der Waals surface area contributed by atoms with Gasteiger partial charge in [-0.05, 0) is 50.8 Å².